The summed E-state index contributed by atoms with van der Waals surface area (Å²) < 4.78 is 1.15. The third-order valence-corrected chi connectivity index (χ3v) is 4.94. The molecule has 20 heavy (non-hydrogen) atoms. The first-order valence-electron chi connectivity index (χ1n) is 7.82. The van der Waals surface area contributed by atoms with Gasteiger partial charge >= 0.3 is 0 Å². The van der Waals surface area contributed by atoms with E-state index in [1.165, 1.54) is 31.2 Å². The van der Waals surface area contributed by atoms with E-state index >= 15 is 0 Å². The van der Waals surface area contributed by atoms with Crippen LogP contribution in [-0.4, -0.2) is 24.3 Å². The fraction of sp³-hybridized carbons (Fsp3) is 0.647. The summed E-state index contributed by atoms with van der Waals surface area (Å²) in [5.74, 6) is 1.36. The molecule has 0 aromatic heterocycles. The number of halogens is 1. The Balaban J connectivity index is 1.69. The molecule has 0 saturated heterocycles. The van der Waals surface area contributed by atoms with Gasteiger partial charge in [0.25, 0.3) is 0 Å². The van der Waals surface area contributed by atoms with Crippen molar-refractivity contribution in [2.45, 2.75) is 51.0 Å². The van der Waals surface area contributed by atoms with Gasteiger partial charge in [0.1, 0.15) is 0 Å². The van der Waals surface area contributed by atoms with Crippen LogP contribution < -0.4 is 5.32 Å². The molecule has 1 unspecified atom stereocenters. The monoisotopic (exact) mass is 339 g/mol. The van der Waals surface area contributed by atoms with E-state index < -0.39 is 0 Å². The maximum absolute atomic E-state index is 9.08. The van der Waals surface area contributed by atoms with E-state index in [9.17, 15) is 0 Å². The second-order valence-electron chi connectivity index (χ2n) is 5.99. The molecule has 1 aliphatic rings. The lowest BCUT2D eigenvalue weighted by Gasteiger charge is -2.37. The molecule has 1 aliphatic carbocycles. The van der Waals surface area contributed by atoms with Gasteiger partial charge in [0.15, 0.2) is 0 Å². The summed E-state index contributed by atoms with van der Waals surface area (Å²) in [5, 5.41) is 12.8. The highest BCUT2D eigenvalue weighted by atomic mass is 79.9. The molecule has 1 saturated carbocycles. The van der Waals surface area contributed by atoms with Crippen molar-refractivity contribution < 1.29 is 5.11 Å². The third kappa shape index (κ3) is 4.57. The molecule has 2 nitrogen and oxygen atoms in total. The minimum Gasteiger partial charge on any atom is -0.396 e. The Morgan fingerprint density at radius 3 is 2.55 bits per heavy atom. The standard InChI is InChI=1S/C17H26BrNO/c1-2-3-13(8-9-20)12-19-17-10-15(11-17)14-4-6-16(18)7-5-14/h4-7,13,15,17,19-20H,2-3,8-12H2,1H3. The number of hydrogen-bond acceptors (Lipinski definition) is 2. The molecule has 112 valence electrons. The highest BCUT2D eigenvalue weighted by Crippen LogP contribution is 2.37. The van der Waals surface area contributed by atoms with Gasteiger partial charge in [-0.25, -0.2) is 0 Å². The Morgan fingerprint density at radius 2 is 1.95 bits per heavy atom. The van der Waals surface area contributed by atoms with Gasteiger partial charge in [-0.05, 0) is 61.8 Å². The van der Waals surface area contributed by atoms with Crippen LogP contribution in [0.1, 0.15) is 50.5 Å². The Morgan fingerprint density at radius 1 is 1.25 bits per heavy atom. The van der Waals surface area contributed by atoms with Crippen LogP contribution in [0.15, 0.2) is 28.7 Å². The van der Waals surface area contributed by atoms with Gasteiger partial charge in [-0.15, -0.1) is 0 Å². The molecule has 2 N–H and O–H groups in total. The van der Waals surface area contributed by atoms with E-state index in [2.05, 4.69) is 52.4 Å². The van der Waals surface area contributed by atoms with Crippen molar-refractivity contribution in [3.05, 3.63) is 34.3 Å². The summed E-state index contributed by atoms with van der Waals surface area (Å²) in [6, 6.07) is 9.40. The first-order valence-corrected chi connectivity index (χ1v) is 8.62. The average Bonchev–Trinajstić information content (AvgIpc) is 2.39. The summed E-state index contributed by atoms with van der Waals surface area (Å²) in [4.78, 5) is 0. The van der Waals surface area contributed by atoms with Crippen LogP contribution in [0.4, 0.5) is 0 Å². The van der Waals surface area contributed by atoms with Gasteiger partial charge in [0.2, 0.25) is 0 Å². The van der Waals surface area contributed by atoms with Gasteiger partial charge in [-0.3, -0.25) is 0 Å². The van der Waals surface area contributed by atoms with Crippen LogP contribution >= 0.6 is 15.9 Å². The second kappa shape index (κ2) is 8.16. The number of rotatable bonds is 8. The summed E-state index contributed by atoms with van der Waals surface area (Å²) in [6.45, 7) is 3.60. The van der Waals surface area contributed by atoms with E-state index in [0.717, 1.165) is 23.4 Å². The van der Waals surface area contributed by atoms with Crippen molar-refractivity contribution in [3.8, 4) is 0 Å². The molecule has 1 atom stereocenters. The molecular formula is C17H26BrNO. The van der Waals surface area contributed by atoms with Crippen molar-refractivity contribution in [3.63, 3.8) is 0 Å². The Labute approximate surface area is 131 Å². The Hall–Kier alpha value is -0.380. The zero-order chi connectivity index (χ0) is 14.4. The molecule has 3 heteroatoms. The van der Waals surface area contributed by atoms with Crippen LogP contribution in [0, 0.1) is 5.92 Å². The van der Waals surface area contributed by atoms with E-state index in [1.807, 2.05) is 0 Å². The minimum atomic E-state index is 0.318. The molecule has 0 amide bonds. The van der Waals surface area contributed by atoms with Gasteiger partial charge in [-0.1, -0.05) is 41.4 Å². The summed E-state index contributed by atoms with van der Waals surface area (Å²) in [6.07, 6.45) is 5.86. The number of benzene rings is 1. The number of aliphatic hydroxyl groups excluding tert-OH is 1. The maximum atomic E-state index is 9.08. The lowest BCUT2D eigenvalue weighted by atomic mass is 9.75. The first kappa shape index (κ1) is 16.0. The predicted octanol–water partition coefficient (Wildman–Crippen LogP) is 4.08. The highest BCUT2D eigenvalue weighted by Gasteiger charge is 2.30. The summed E-state index contributed by atoms with van der Waals surface area (Å²) in [5.41, 5.74) is 1.46. The van der Waals surface area contributed by atoms with Crippen molar-refractivity contribution in [1.29, 1.82) is 0 Å². The predicted molar refractivity (Wildman–Crippen MR) is 88.0 cm³/mol. The smallest absolute Gasteiger partial charge is 0.0434 e. The second-order valence-corrected chi connectivity index (χ2v) is 6.91. The normalized spacial score (nSPS) is 23.4. The third-order valence-electron chi connectivity index (χ3n) is 4.41. The lowest BCUT2D eigenvalue weighted by molar-refractivity contribution is 0.228. The Bertz CT molecular complexity index is 380. The molecule has 1 aromatic carbocycles. The molecule has 0 aliphatic heterocycles. The van der Waals surface area contributed by atoms with Crippen LogP contribution in [0.2, 0.25) is 0 Å². The topological polar surface area (TPSA) is 32.3 Å². The maximum Gasteiger partial charge on any atom is 0.0434 e. The summed E-state index contributed by atoms with van der Waals surface area (Å²) in [7, 11) is 0. The largest absolute Gasteiger partial charge is 0.396 e. The van der Waals surface area contributed by atoms with Crippen molar-refractivity contribution in [1.82, 2.24) is 5.32 Å². The van der Waals surface area contributed by atoms with Crippen molar-refractivity contribution in [2.24, 2.45) is 5.92 Å². The SMILES string of the molecule is CCCC(CCO)CNC1CC(c2ccc(Br)cc2)C1. The van der Waals surface area contributed by atoms with Gasteiger partial charge in [0, 0.05) is 17.1 Å². The molecule has 0 spiro atoms. The Kier molecular flexibility index (Phi) is 6.53. The fourth-order valence-electron chi connectivity index (χ4n) is 3.06. The molecule has 2 rings (SSSR count). The molecule has 1 fully saturated rings. The van der Waals surface area contributed by atoms with E-state index in [-0.39, 0.29) is 0 Å². The zero-order valence-electron chi connectivity index (χ0n) is 12.3. The van der Waals surface area contributed by atoms with Gasteiger partial charge < -0.3 is 10.4 Å². The number of aliphatic hydroxyl groups is 1. The molecule has 0 bridgehead atoms. The lowest BCUT2D eigenvalue weighted by Crippen LogP contribution is -2.42. The van der Waals surface area contributed by atoms with Crippen LogP contribution in [-0.2, 0) is 0 Å². The van der Waals surface area contributed by atoms with Gasteiger partial charge in [-0.2, -0.15) is 0 Å². The molecule has 1 aromatic rings. The molecule has 0 heterocycles. The van der Waals surface area contributed by atoms with E-state index in [4.69, 9.17) is 5.11 Å². The average molecular weight is 340 g/mol. The van der Waals surface area contributed by atoms with E-state index in [1.54, 1.807) is 0 Å². The van der Waals surface area contributed by atoms with Crippen molar-refractivity contribution >= 4 is 15.9 Å². The minimum absolute atomic E-state index is 0.318. The summed E-state index contributed by atoms with van der Waals surface area (Å²) >= 11 is 3.48. The fourth-order valence-corrected chi connectivity index (χ4v) is 3.33. The number of nitrogens with one attached hydrogen (secondary N) is 1. The van der Waals surface area contributed by atoms with E-state index in [0.29, 0.717) is 18.6 Å². The van der Waals surface area contributed by atoms with Crippen molar-refractivity contribution in [2.75, 3.05) is 13.2 Å². The van der Waals surface area contributed by atoms with Gasteiger partial charge in [0.05, 0.1) is 0 Å². The van der Waals surface area contributed by atoms with Crippen LogP contribution in [0.3, 0.4) is 0 Å². The van der Waals surface area contributed by atoms with Crippen LogP contribution in [0.25, 0.3) is 0 Å². The zero-order valence-corrected chi connectivity index (χ0v) is 13.9. The number of hydrogen-bond donors (Lipinski definition) is 2. The van der Waals surface area contributed by atoms with Crippen LogP contribution in [0.5, 0.6) is 0 Å². The molecular weight excluding hydrogens is 314 g/mol. The quantitative estimate of drug-likeness (QED) is 0.747. The highest BCUT2D eigenvalue weighted by molar-refractivity contribution is 9.10. The first-order chi connectivity index (χ1) is 9.72. The molecule has 0 radical (unpaired) electrons.